The van der Waals surface area contributed by atoms with Gasteiger partial charge in [0.25, 0.3) is 0 Å². The Kier molecular flexibility index (Phi) is 9.60. The van der Waals surface area contributed by atoms with E-state index < -0.39 is 30.4 Å². The van der Waals surface area contributed by atoms with Gasteiger partial charge in [-0.1, -0.05) is 91.0 Å². The number of aliphatic hydroxyl groups is 1. The fraction of sp³-hybridized carbons (Fsp3) is 0.379. The summed E-state index contributed by atoms with van der Waals surface area (Å²) < 4.78 is 36.0. The van der Waals surface area contributed by atoms with Crippen LogP contribution in [0.4, 0.5) is 0 Å². The van der Waals surface area contributed by atoms with Crippen LogP contribution in [-0.2, 0) is 48.2 Å². The molecule has 36 heavy (non-hydrogen) atoms. The maximum absolute atomic E-state index is 11.5. The monoisotopic (exact) mass is 494 g/mol. The maximum Gasteiger partial charge on any atom is 0.223 e. The molecule has 5 atom stereocenters. The fourth-order valence-electron chi connectivity index (χ4n) is 4.23. The molecule has 1 aliphatic rings. The van der Waals surface area contributed by atoms with Crippen LogP contribution in [-0.4, -0.2) is 56.3 Å². The predicted molar refractivity (Wildman–Crippen MR) is 134 cm³/mol. The van der Waals surface area contributed by atoms with E-state index >= 15 is 0 Å². The van der Waals surface area contributed by atoms with Gasteiger partial charge >= 0.3 is 0 Å². The van der Waals surface area contributed by atoms with E-state index in [1.807, 2.05) is 91.0 Å². The average molecular weight is 495 g/mol. The molecule has 3 aromatic carbocycles. The lowest BCUT2D eigenvalue weighted by Gasteiger charge is -2.49. The molecule has 1 aliphatic heterocycles. The van der Waals surface area contributed by atoms with Crippen LogP contribution in [0.5, 0.6) is 0 Å². The van der Waals surface area contributed by atoms with Crippen molar-refractivity contribution < 1.29 is 33.5 Å². The third kappa shape index (κ3) is 6.57. The zero-order chi connectivity index (χ0) is 25.2. The van der Waals surface area contributed by atoms with Crippen molar-refractivity contribution in [2.45, 2.75) is 50.2 Å². The van der Waals surface area contributed by atoms with Crippen molar-refractivity contribution in [2.75, 3.05) is 20.8 Å². The molecule has 1 saturated heterocycles. The minimum absolute atomic E-state index is 0.0317. The number of hydrogen-bond donors (Lipinski definition) is 1. The number of rotatable bonds is 12. The van der Waals surface area contributed by atoms with Gasteiger partial charge in [-0.05, 0) is 16.7 Å². The Bertz CT molecular complexity index is 1020. The first-order valence-corrected chi connectivity index (χ1v) is 12.0. The number of ether oxygens (including phenoxy) is 6. The van der Waals surface area contributed by atoms with E-state index in [-0.39, 0.29) is 13.2 Å². The van der Waals surface area contributed by atoms with Crippen molar-refractivity contribution in [3.63, 3.8) is 0 Å². The van der Waals surface area contributed by atoms with Gasteiger partial charge in [0.1, 0.15) is 24.9 Å². The summed E-state index contributed by atoms with van der Waals surface area (Å²) in [5, 5.41) is 11.5. The molecule has 0 aliphatic carbocycles. The highest BCUT2D eigenvalue weighted by Crippen LogP contribution is 2.35. The molecule has 0 saturated carbocycles. The highest BCUT2D eigenvalue weighted by molar-refractivity contribution is 5.15. The summed E-state index contributed by atoms with van der Waals surface area (Å²) in [5.41, 5.74) is 2.95. The average Bonchev–Trinajstić information content (AvgIpc) is 2.94. The van der Waals surface area contributed by atoms with Gasteiger partial charge in [0.2, 0.25) is 5.79 Å². The van der Waals surface area contributed by atoms with Gasteiger partial charge in [-0.15, -0.1) is 0 Å². The largest absolute Gasteiger partial charge is 0.385 e. The second-order valence-corrected chi connectivity index (χ2v) is 8.68. The minimum Gasteiger partial charge on any atom is -0.385 e. The van der Waals surface area contributed by atoms with Crippen LogP contribution in [0.3, 0.4) is 0 Å². The molecule has 1 fully saturated rings. The van der Waals surface area contributed by atoms with Crippen molar-refractivity contribution in [3.05, 3.63) is 108 Å². The fourth-order valence-corrected chi connectivity index (χ4v) is 4.23. The lowest BCUT2D eigenvalue weighted by molar-refractivity contribution is -0.411. The first kappa shape index (κ1) is 26.4. The SMILES string of the molecule is CO[C@@H]1O[C@@](COCc2ccccc2)(OC)[C@H](O)[C@H](OCc2ccccc2)[C@H]1OCc1ccccc1. The van der Waals surface area contributed by atoms with E-state index in [4.69, 9.17) is 28.4 Å². The summed E-state index contributed by atoms with van der Waals surface area (Å²) in [6.45, 7) is 0.880. The number of methoxy groups -OCH3 is 2. The summed E-state index contributed by atoms with van der Waals surface area (Å²) >= 11 is 0. The maximum atomic E-state index is 11.5. The number of hydrogen-bond acceptors (Lipinski definition) is 7. The van der Waals surface area contributed by atoms with Crippen LogP contribution in [0.1, 0.15) is 16.7 Å². The molecule has 3 aromatic rings. The molecule has 7 nitrogen and oxygen atoms in total. The van der Waals surface area contributed by atoms with Gasteiger partial charge in [-0.2, -0.15) is 0 Å². The quantitative estimate of drug-likeness (QED) is 0.407. The van der Waals surface area contributed by atoms with E-state index in [0.29, 0.717) is 13.2 Å². The van der Waals surface area contributed by atoms with Crippen LogP contribution in [0.25, 0.3) is 0 Å². The molecule has 0 unspecified atom stereocenters. The topological polar surface area (TPSA) is 75.6 Å². The van der Waals surface area contributed by atoms with Gasteiger partial charge in [0.15, 0.2) is 6.29 Å². The first-order chi connectivity index (χ1) is 17.6. The second kappa shape index (κ2) is 13.1. The number of aliphatic hydroxyl groups excluding tert-OH is 1. The summed E-state index contributed by atoms with van der Waals surface area (Å²) in [6, 6.07) is 29.3. The van der Waals surface area contributed by atoms with E-state index in [2.05, 4.69) is 0 Å². The normalized spacial score (nSPS) is 26.1. The van der Waals surface area contributed by atoms with Gasteiger partial charge in [0.05, 0.1) is 19.8 Å². The summed E-state index contributed by atoms with van der Waals surface area (Å²) in [4.78, 5) is 0. The molecule has 0 aromatic heterocycles. The molecular formula is C29H34O7. The lowest BCUT2D eigenvalue weighted by Crippen LogP contribution is -2.68. The highest BCUT2D eigenvalue weighted by Gasteiger charge is 2.56. The zero-order valence-electron chi connectivity index (χ0n) is 20.7. The summed E-state index contributed by atoms with van der Waals surface area (Å²) in [5.74, 6) is -1.51. The van der Waals surface area contributed by atoms with Gasteiger partial charge < -0.3 is 33.5 Å². The first-order valence-electron chi connectivity index (χ1n) is 12.0. The van der Waals surface area contributed by atoms with E-state index in [0.717, 1.165) is 16.7 Å². The molecule has 0 amide bonds. The molecule has 192 valence electrons. The molecule has 7 heteroatoms. The van der Waals surface area contributed by atoms with Crippen molar-refractivity contribution in [1.82, 2.24) is 0 Å². The predicted octanol–water partition coefficient (Wildman–Crippen LogP) is 4.08. The van der Waals surface area contributed by atoms with Crippen molar-refractivity contribution in [1.29, 1.82) is 0 Å². The highest BCUT2D eigenvalue weighted by atomic mass is 16.8. The molecule has 1 heterocycles. The molecule has 0 radical (unpaired) electrons. The van der Waals surface area contributed by atoms with Crippen LogP contribution in [0.15, 0.2) is 91.0 Å². The lowest BCUT2D eigenvalue weighted by atomic mass is 9.95. The van der Waals surface area contributed by atoms with E-state index in [1.165, 1.54) is 14.2 Å². The minimum atomic E-state index is -1.51. The van der Waals surface area contributed by atoms with E-state index in [1.54, 1.807) is 0 Å². The Hall–Kier alpha value is -2.62. The van der Waals surface area contributed by atoms with Crippen LogP contribution >= 0.6 is 0 Å². The van der Waals surface area contributed by atoms with Crippen molar-refractivity contribution in [2.24, 2.45) is 0 Å². The third-order valence-electron chi connectivity index (χ3n) is 6.23. The molecule has 1 N–H and O–H groups in total. The summed E-state index contributed by atoms with van der Waals surface area (Å²) in [6.07, 6.45) is -3.61. The van der Waals surface area contributed by atoms with Gasteiger partial charge in [0, 0.05) is 14.2 Å². The molecular weight excluding hydrogens is 460 g/mol. The van der Waals surface area contributed by atoms with Crippen molar-refractivity contribution in [3.8, 4) is 0 Å². The smallest absolute Gasteiger partial charge is 0.223 e. The molecule has 4 rings (SSSR count). The van der Waals surface area contributed by atoms with Crippen molar-refractivity contribution >= 4 is 0 Å². The zero-order valence-corrected chi connectivity index (χ0v) is 20.7. The Morgan fingerprint density at radius 1 is 0.694 bits per heavy atom. The third-order valence-corrected chi connectivity index (χ3v) is 6.23. The molecule has 0 bridgehead atoms. The van der Waals surface area contributed by atoms with Gasteiger partial charge in [-0.25, -0.2) is 0 Å². The van der Waals surface area contributed by atoms with E-state index in [9.17, 15) is 5.11 Å². The van der Waals surface area contributed by atoms with Crippen LogP contribution in [0, 0.1) is 0 Å². The standard InChI is InChI=1S/C29H34O7/c1-31-28-26(35-20-24-16-10-5-11-17-24)25(34-19-23-14-8-4-9-15-23)27(30)29(32-2,36-28)21-33-18-22-12-6-3-7-13-22/h3-17,25-28,30H,18-21H2,1-2H3/t25-,26-,27-,28-,29-/m1/s1. The Labute approximate surface area is 212 Å². The Morgan fingerprint density at radius 3 is 1.64 bits per heavy atom. The van der Waals surface area contributed by atoms with Crippen LogP contribution < -0.4 is 0 Å². The van der Waals surface area contributed by atoms with Gasteiger partial charge in [-0.3, -0.25) is 0 Å². The summed E-state index contributed by atoms with van der Waals surface area (Å²) in [7, 11) is 3.00. The number of benzene rings is 3. The Morgan fingerprint density at radius 2 is 1.17 bits per heavy atom. The van der Waals surface area contributed by atoms with Crippen LogP contribution in [0.2, 0.25) is 0 Å². The molecule has 0 spiro atoms. The Balaban J connectivity index is 1.53. The second-order valence-electron chi connectivity index (χ2n) is 8.68.